The zero-order valence-electron chi connectivity index (χ0n) is 24.1. The van der Waals surface area contributed by atoms with E-state index in [2.05, 4.69) is 15.9 Å². The lowest BCUT2D eigenvalue weighted by molar-refractivity contribution is -0.168. The third-order valence-electron chi connectivity index (χ3n) is 5.98. The number of rotatable bonds is 15. The molecule has 0 aliphatic rings. The van der Waals surface area contributed by atoms with Gasteiger partial charge in [-0.2, -0.15) is 0 Å². The highest BCUT2D eigenvalue weighted by Crippen LogP contribution is 2.37. The van der Waals surface area contributed by atoms with E-state index in [0.29, 0.717) is 6.42 Å². The number of halogens is 1. The zero-order valence-corrected chi connectivity index (χ0v) is 25.7. The number of ether oxygens (including phenoxy) is 6. The van der Waals surface area contributed by atoms with Crippen LogP contribution in [-0.2, 0) is 47.6 Å². The fraction of sp³-hybridized carbons (Fsp3) is 0.607. The second-order valence-corrected chi connectivity index (χ2v) is 11.6. The Kier molecular flexibility index (Phi) is 13.6. The maximum Gasteiger partial charge on any atom is 0.508 e. The summed E-state index contributed by atoms with van der Waals surface area (Å²) in [6, 6.07) is 9.59. The van der Waals surface area contributed by atoms with Gasteiger partial charge in [0.2, 0.25) is 0 Å². The van der Waals surface area contributed by atoms with Gasteiger partial charge < -0.3 is 28.4 Å². The molecule has 0 fully saturated rings. The molecule has 0 radical (unpaired) electrons. The van der Waals surface area contributed by atoms with Gasteiger partial charge in [0, 0.05) is 11.8 Å². The first kappa shape index (κ1) is 34.9. The van der Waals surface area contributed by atoms with E-state index in [1.807, 2.05) is 30.3 Å². The number of carbonyl (C=O) groups excluding carboxylic acids is 5. The highest BCUT2D eigenvalue weighted by Gasteiger charge is 2.42. The van der Waals surface area contributed by atoms with Gasteiger partial charge in [0.15, 0.2) is 0 Å². The molecule has 0 saturated heterocycles. The average Bonchev–Trinajstić information content (AvgIpc) is 2.92. The van der Waals surface area contributed by atoms with E-state index >= 15 is 0 Å². The molecule has 3 atom stereocenters. The normalized spacial score (nSPS) is 14.9. The van der Waals surface area contributed by atoms with Crippen LogP contribution < -0.4 is 0 Å². The van der Waals surface area contributed by atoms with E-state index in [9.17, 15) is 24.0 Å². The summed E-state index contributed by atoms with van der Waals surface area (Å²) < 4.78 is 30.4. The Hall–Kier alpha value is -3.15. The molecule has 1 rings (SSSR count). The second kappa shape index (κ2) is 15.6. The van der Waals surface area contributed by atoms with E-state index in [1.54, 1.807) is 20.8 Å². The number of alkyl halides is 1. The zero-order chi connectivity index (χ0) is 30.6. The molecule has 40 heavy (non-hydrogen) atoms. The van der Waals surface area contributed by atoms with Gasteiger partial charge in [0.25, 0.3) is 0 Å². The third kappa shape index (κ3) is 10.8. The van der Waals surface area contributed by atoms with Crippen molar-refractivity contribution in [2.75, 3.05) is 40.1 Å². The first-order chi connectivity index (χ1) is 18.6. The van der Waals surface area contributed by atoms with E-state index in [1.165, 1.54) is 20.8 Å². The standard InChI is InChI=1S/C28H39BrO11/c1-8-36-24(33)28(6,15-37-19(2)30)18-40-25(34)39-17-27(5,23(32)35-7)16-38-22(31)26(3,4)14-21(29)20-12-10-9-11-13-20/h9-13,21H,8,14-18H2,1-7H3. The minimum Gasteiger partial charge on any atom is -0.468 e. The first-order valence-electron chi connectivity index (χ1n) is 12.6. The lowest BCUT2D eigenvalue weighted by atomic mass is 9.86. The average molecular weight is 632 g/mol. The van der Waals surface area contributed by atoms with Gasteiger partial charge in [-0.1, -0.05) is 46.3 Å². The van der Waals surface area contributed by atoms with Crippen LogP contribution in [0.15, 0.2) is 30.3 Å². The molecule has 0 saturated carbocycles. The summed E-state index contributed by atoms with van der Waals surface area (Å²) in [5.41, 5.74) is -2.95. The topological polar surface area (TPSA) is 141 Å². The van der Waals surface area contributed by atoms with Crippen LogP contribution in [0.3, 0.4) is 0 Å². The smallest absolute Gasteiger partial charge is 0.468 e. The van der Waals surface area contributed by atoms with Gasteiger partial charge in [-0.05, 0) is 46.6 Å². The molecule has 3 unspecified atom stereocenters. The van der Waals surface area contributed by atoms with Crippen molar-refractivity contribution in [1.82, 2.24) is 0 Å². The molecule has 0 aliphatic carbocycles. The Bertz CT molecular complexity index is 1030. The third-order valence-corrected chi connectivity index (χ3v) is 6.84. The van der Waals surface area contributed by atoms with Crippen LogP contribution in [0.2, 0.25) is 0 Å². The predicted octanol–water partition coefficient (Wildman–Crippen LogP) is 4.55. The maximum atomic E-state index is 13.0. The molecule has 11 nitrogen and oxygen atoms in total. The van der Waals surface area contributed by atoms with Crippen LogP contribution in [-0.4, -0.2) is 70.2 Å². The van der Waals surface area contributed by atoms with Crippen LogP contribution in [0.4, 0.5) is 4.79 Å². The Morgan fingerprint density at radius 2 is 1.25 bits per heavy atom. The number of esters is 4. The molecule has 0 heterocycles. The number of hydrogen-bond acceptors (Lipinski definition) is 11. The first-order valence-corrected chi connectivity index (χ1v) is 13.6. The van der Waals surface area contributed by atoms with Crippen molar-refractivity contribution < 1.29 is 52.4 Å². The summed E-state index contributed by atoms with van der Waals surface area (Å²) in [7, 11) is 1.15. The monoisotopic (exact) mass is 630 g/mol. The summed E-state index contributed by atoms with van der Waals surface area (Å²) >= 11 is 3.61. The van der Waals surface area contributed by atoms with E-state index < -0.39 is 66.1 Å². The van der Waals surface area contributed by atoms with Crippen LogP contribution >= 0.6 is 15.9 Å². The summed E-state index contributed by atoms with van der Waals surface area (Å²) in [6.45, 7) is 7.21. The van der Waals surface area contributed by atoms with Gasteiger partial charge in [0.05, 0.1) is 19.1 Å². The number of carbonyl (C=O) groups is 5. The van der Waals surface area contributed by atoms with Crippen LogP contribution in [0.25, 0.3) is 0 Å². The van der Waals surface area contributed by atoms with Crippen molar-refractivity contribution in [3.63, 3.8) is 0 Å². The fourth-order valence-corrected chi connectivity index (χ4v) is 4.46. The quantitative estimate of drug-likeness (QED) is 0.153. The number of methoxy groups -OCH3 is 1. The highest BCUT2D eigenvalue weighted by molar-refractivity contribution is 9.09. The van der Waals surface area contributed by atoms with Crippen LogP contribution in [0.1, 0.15) is 58.4 Å². The predicted molar refractivity (Wildman–Crippen MR) is 146 cm³/mol. The Morgan fingerprint density at radius 1 is 0.750 bits per heavy atom. The van der Waals surface area contributed by atoms with E-state index in [4.69, 9.17) is 28.4 Å². The molecule has 0 spiro atoms. The van der Waals surface area contributed by atoms with Crippen molar-refractivity contribution in [1.29, 1.82) is 0 Å². The molecule has 1 aromatic rings. The summed E-state index contributed by atoms with van der Waals surface area (Å²) in [4.78, 5) is 61.3. The Morgan fingerprint density at radius 3 is 1.75 bits per heavy atom. The van der Waals surface area contributed by atoms with Crippen molar-refractivity contribution >= 4 is 46.0 Å². The Labute approximate surface area is 243 Å². The maximum absolute atomic E-state index is 13.0. The molecule has 0 bridgehead atoms. The number of benzene rings is 1. The van der Waals surface area contributed by atoms with E-state index in [-0.39, 0.29) is 18.0 Å². The SMILES string of the molecule is CCOC(=O)C(C)(COC(C)=O)COC(=O)OCC(C)(COC(=O)C(C)(C)CC(Br)c1ccccc1)C(=O)OC. The molecular formula is C28H39BrO11. The van der Waals surface area contributed by atoms with E-state index in [0.717, 1.165) is 12.7 Å². The molecular weight excluding hydrogens is 592 g/mol. The van der Waals surface area contributed by atoms with Crippen LogP contribution in [0, 0.1) is 16.2 Å². The second-order valence-electron chi connectivity index (χ2n) is 10.5. The van der Waals surface area contributed by atoms with Gasteiger partial charge in [-0.25, -0.2) is 4.79 Å². The molecule has 0 N–H and O–H groups in total. The van der Waals surface area contributed by atoms with Crippen molar-refractivity contribution in [3.8, 4) is 0 Å². The molecule has 0 amide bonds. The van der Waals surface area contributed by atoms with Gasteiger partial charge in [0.1, 0.15) is 37.3 Å². The number of hydrogen-bond donors (Lipinski definition) is 0. The molecule has 0 aliphatic heterocycles. The summed E-state index contributed by atoms with van der Waals surface area (Å²) in [5, 5.41) is 0. The molecule has 12 heteroatoms. The molecule has 224 valence electrons. The van der Waals surface area contributed by atoms with Crippen molar-refractivity contribution in [3.05, 3.63) is 35.9 Å². The van der Waals surface area contributed by atoms with Gasteiger partial charge in [-0.15, -0.1) is 0 Å². The lowest BCUT2D eigenvalue weighted by Crippen LogP contribution is -2.42. The summed E-state index contributed by atoms with van der Waals surface area (Å²) in [5.74, 6) is -2.70. The fourth-order valence-electron chi connectivity index (χ4n) is 3.34. The lowest BCUT2D eigenvalue weighted by Gasteiger charge is -2.30. The molecule has 0 aromatic heterocycles. The Balaban J connectivity index is 2.80. The highest BCUT2D eigenvalue weighted by atomic mass is 79.9. The van der Waals surface area contributed by atoms with Gasteiger partial charge >= 0.3 is 30.0 Å². The van der Waals surface area contributed by atoms with Crippen molar-refractivity contribution in [2.24, 2.45) is 16.2 Å². The van der Waals surface area contributed by atoms with Gasteiger partial charge in [-0.3, -0.25) is 19.2 Å². The minimum absolute atomic E-state index is 0.0640. The van der Waals surface area contributed by atoms with Crippen LogP contribution in [0.5, 0.6) is 0 Å². The largest absolute Gasteiger partial charge is 0.508 e. The molecule has 1 aromatic carbocycles. The minimum atomic E-state index is -1.55. The summed E-state index contributed by atoms with van der Waals surface area (Å²) in [6.07, 6.45) is -0.787. The van der Waals surface area contributed by atoms with Crippen molar-refractivity contribution in [2.45, 2.75) is 52.8 Å².